The second-order valence-electron chi connectivity index (χ2n) is 4.56. The summed E-state index contributed by atoms with van der Waals surface area (Å²) in [6.45, 7) is 0.883. The van der Waals surface area contributed by atoms with Crippen molar-refractivity contribution in [3.8, 4) is 0 Å². The third-order valence-corrected chi connectivity index (χ3v) is 3.29. The average Bonchev–Trinajstić information content (AvgIpc) is 2.95. The number of benzene rings is 1. The fourth-order valence-electron chi connectivity index (χ4n) is 2.14. The summed E-state index contributed by atoms with van der Waals surface area (Å²) >= 11 is 0. The number of fused-ring (bicyclic) bond motifs is 2. The number of anilines is 1. The van der Waals surface area contributed by atoms with Crippen LogP contribution in [0.2, 0.25) is 0 Å². The van der Waals surface area contributed by atoms with E-state index in [0.717, 1.165) is 30.2 Å². The molecule has 2 aromatic heterocycles. The minimum atomic E-state index is -0.340. The molecule has 90 valence electrons. The maximum atomic E-state index is 11.7. The number of rotatable bonds is 5. The molecule has 0 radical (unpaired) electrons. The molecule has 17 heavy (non-hydrogen) atoms. The molecule has 0 aliphatic heterocycles. The molecule has 0 aromatic carbocycles. The van der Waals surface area contributed by atoms with Crippen molar-refractivity contribution in [2.75, 3.05) is 19.0 Å². The molecule has 0 unspecified atom stereocenters. The number of furan rings is 2. The standard InChI is InChI=1S/C13H15NO3/c1-16-13(15)11-9-4-5-10(17-9)12(11)14-7-6-8-2-3-8/h4-5,8,14H,2-3,6-7H2,1H3. The first-order valence-corrected chi connectivity index (χ1v) is 5.96. The summed E-state index contributed by atoms with van der Waals surface area (Å²) in [7, 11) is 1.39. The van der Waals surface area contributed by atoms with E-state index < -0.39 is 0 Å². The molecule has 1 aliphatic rings. The van der Waals surface area contributed by atoms with Gasteiger partial charge in [0.15, 0.2) is 5.58 Å². The van der Waals surface area contributed by atoms with Gasteiger partial charge in [-0.1, -0.05) is 12.8 Å². The van der Waals surface area contributed by atoms with Gasteiger partial charge in [0.25, 0.3) is 0 Å². The van der Waals surface area contributed by atoms with Gasteiger partial charge in [-0.3, -0.25) is 0 Å². The van der Waals surface area contributed by atoms with Crippen molar-refractivity contribution in [1.29, 1.82) is 0 Å². The SMILES string of the molecule is COC(=O)c1c(NCCC2CC2)c2ccc1o2. The van der Waals surface area contributed by atoms with E-state index in [4.69, 9.17) is 9.15 Å². The first-order valence-electron chi connectivity index (χ1n) is 5.96. The van der Waals surface area contributed by atoms with Gasteiger partial charge < -0.3 is 14.5 Å². The molecule has 4 heteroatoms. The van der Waals surface area contributed by atoms with E-state index in [0.29, 0.717) is 11.1 Å². The Bertz CT molecular complexity index is 527. The van der Waals surface area contributed by atoms with E-state index in [2.05, 4.69) is 5.32 Å². The summed E-state index contributed by atoms with van der Waals surface area (Å²) in [6, 6.07) is 3.68. The lowest BCUT2D eigenvalue weighted by atomic mass is 10.1. The summed E-state index contributed by atoms with van der Waals surface area (Å²) in [5.74, 6) is 0.533. The molecule has 0 saturated heterocycles. The Balaban J connectivity index is 1.79. The molecule has 1 aliphatic carbocycles. The Morgan fingerprint density at radius 3 is 2.94 bits per heavy atom. The normalized spacial score (nSPS) is 15.4. The van der Waals surface area contributed by atoms with Crippen LogP contribution < -0.4 is 5.32 Å². The summed E-state index contributed by atoms with van der Waals surface area (Å²) in [5.41, 5.74) is 2.65. The Morgan fingerprint density at radius 2 is 2.24 bits per heavy atom. The van der Waals surface area contributed by atoms with Crippen molar-refractivity contribution in [3.05, 3.63) is 17.7 Å². The van der Waals surface area contributed by atoms with E-state index in [1.807, 2.05) is 6.07 Å². The van der Waals surface area contributed by atoms with Gasteiger partial charge in [0, 0.05) is 6.54 Å². The number of carbonyl (C=O) groups excluding carboxylic acids is 1. The van der Waals surface area contributed by atoms with E-state index in [1.165, 1.54) is 20.0 Å². The predicted octanol–water partition coefficient (Wildman–Crippen LogP) is 2.87. The molecule has 0 amide bonds. The highest BCUT2D eigenvalue weighted by Crippen LogP contribution is 2.35. The molecule has 4 nitrogen and oxygen atoms in total. The molecule has 0 atom stereocenters. The van der Waals surface area contributed by atoms with Crippen molar-refractivity contribution in [3.63, 3.8) is 0 Å². The first kappa shape index (κ1) is 10.4. The second-order valence-corrected chi connectivity index (χ2v) is 4.56. The largest absolute Gasteiger partial charge is 0.465 e. The number of hydrogen-bond donors (Lipinski definition) is 1. The van der Waals surface area contributed by atoms with Crippen molar-refractivity contribution < 1.29 is 13.9 Å². The number of methoxy groups -OCH3 is 1. The van der Waals surface area contributed by atoms with Gasteiger partial charge in [-0.2, -0.15) is 0 Å². The molecule has 2 aromatic rings. The molecule has 2 bridgehead atoms. The lowest BCUT2D eigenvalue weighted by Crippen LogP contribution is -2.08. The number of carbonyl (C=O) groups is 1. The van der Waals surface area contributed by atoms with E-state index in [-0.39, 0.29) is 5.97 Å². The summed E-state index contributed by atoms with van der Waals surface area (Å²) in [4.78, 5) is 11.7. The van der Waals surface area contributed by atoms with E-state index >= 15 is 0 Å². The van der Waals surface area contributed by atoms with Crippen LogP contribution in [0.25, 0.3) is 11.2 Å². The zero-order valence-corrected chi connectivity index (χ0v) is 9.79. The molecule has 1 fully saturated rings. The predicted molar refractivity (Wildman–Crippen MR) is 64.6 cm³/mol. The molecule has 2 heterocycles. The van der Waals surface area contributed by atoms with Crippen molar-refractivity contribution in [2.24, 2.45) is 5.92 Å². The summed E-state index contributed by atoms with van der Waals surface area (Å²) in [6.07, 6.45) is 3.84. The second kappa shape index (κ2) is 3.95. The molecule has 0 spiro atoms. The Kier molecular flexibility index (Phi) is 2.42. The molecule has 3 rings (SSSR count). The van der Waals surface area contributed by atoms with Crippen LogP contribution in [0.3, 0.4) is 0 Å². The maximum absolute atomic E-state index is 11.7. The van der Waals surface area contributed by atoms with Gasteiger partial charge in [-0.25, -0.2) is 4.79 Å². The minimum Gasteiger partial charge on any atom is -0.465 e. The third kappa shape index (κ3) is 1.84. The minimum absolute atomic E-state index is 0.340. The average molecular weight is 233 g/mol. The lowest BCUT2D eigenvalue weighted by molar-refractivity contribution is 0.0603. The van der Waals surface area contributed by atoms with Crippen molar-refractivity contribution >= 4 is 22.8 Å². The van der Waals surface area contributed by atoms with Crippen LogP contribution in [0, 0.1) is 5.92 Å². The highest BCUT2D eigenvalue weighted by molar-refractivity contribution is 6.07. The number of hydrogen-bond acceptors (Lipinski definition) is 4. The highest BCUT2D eigenvalue weighted by atomic mass is 16.5. The van der Waals surface area contributed by atoms with Crippen LogP contribution in [-0.4, -0.2) is 19.6 Å². The maximum Gasteiger partial charge on any atom is 0.343 e. The lowest BCUT2D eigenvalue weighted by Gasteiger charge is -2.06. The van der Waals surface area contributed by atoms with Gasteiger partial charge in [0.05, 0.1) is 12.8 Å². The van der Waals surface area contributed by atoms with Crippen LogP contribution in [0.15, 0.2) is 16.5 Å². The van der Waals surface area contributed by atoms with Crippen molar-refractivity contribution in [2.45, 2.75) is 19.3 Å². The molecular formula is C13H15NO3. The van der Waals surface area contributed by atoms with Gasteiger partial charge in [0.2, 0.25) is 0 Å². The topological polar surface area (TPSA) is 51.5 Å². The zero-order valence-electron chi connectivity index (χ0n) is 9.79. The first-order chi connectivity index (χ1) is 8.29. The van der Waals surface area contributed by atoms with Crippen LogP contribution in [0.5, 0.6) is 0 Å². The summed E-state index contributed by atoms with van der Waals surface area (Å²) in [5, 5.41) is 3.29. The fourth-order valence-corrected chi connectivity index (χ4v) is 2.14. The third-order valence-electron chi connectivity index (χ3n) is 3.29. The molecule has 1 saturated carbocycles. The Labute approximate surface area is 99.3 Å². The number of esters is 1. The fraction of sp³-hybridized carbons (Fsp3) is 0.462. The smallest absolute Gasteiger partial charge is 0.343 e. The van der Waals surface area contributed by atoms with Gasteiger partial charge >= 0.3 is 5.97 Å². The molecular weight excluding hydrogens is 218 g/mol. The Morgan fingerprint density at radius 1 is 1.47 bits per heavy atom. The van der Waals surface area contributed by atoms with Gasteiger partial charge in [0.1, 0.15) is 11.1 Å². The summed E-state index contributed by atoms with van der Waals surface area (Å²) < 4.78 is 10.3. The number of nitrogens with one attached hydrogen (secondary N) is 1. The Hall–Kier alpha value is -1.71. The van der Waals surface area contributed by atoms with Crippen LogP contribution >= 0.6 is 0 Å². The van der Waals surface area contributed by atoms with Crippen LogP contribution in [-0.2, 0) is 4.74 Å². The quantitative estimate of drug-likeness (QED) is 0.807. The van der Waals surface area contributed by atoms with Crippen LogP contribution in [0.1, 0.15) is 29.6 Å². The van der Waals surface area contributed by atoms with E-state index in [9.17, 15) is 4.79 Å². The van der Waals surface area contributed by atoms with Gasteiger partial charge in [-0.15, -0.1) is 0 Å². The van der Waals surface area contributed by atoms with Crippen LogP contribution in [0.4, 0.5) is 5.69 Å². The molecule has 1 N–H and O–H groups in total. The number of ether oxygens (including phenoxy) is 1. The van der Waals surface area contributed by atoms with Crippen molar-refractivity contribution in [1.82, 2.24) is 0 Å². The highest BCUT2D eigenvalue weighted by Gasteiger charge is 2.24. The monoisotopic (exact) mass is 233 g/mol. The van der Waals surface area contributed by atoms with Gasteiger partial charge in [-0.05, 0) is 24.5 Å². The van der Waals surface area contributed by atoms with E-state index in [1.54, 1.807) is 6.07 Å². The zero-order chi connectivity index (χ0) is 11.8.